The maximum Gasteiger partial charge on any atom is 0.329 e. The van der Waals surface area contributed by atoms with Crippen LogP contribution in [0.15, 0.2) is 24.3 Å². The number of nitrogens with zero attached hydrogens (tertiary/aromatic N) is 4. The third-order valence-corrected chi connectivity index (χ3v) is 13.3. The molecule has 1 aromatic carbocycles. The molecule has 6 N–H and O–H groups in total. The molecule has 1 aliphatic heterocycles. The van der Waals surface area contributed by atoms with Crippen LogP contribution in [-0.2, 0) is 84.4 Å². The molecule has 0 saturated carbocycles. The third-order valence-electron chi connectivity index (χ3n) is 13.3. The van der Waals surface area contributed by atoms with E-state index >= 15 is 0 Å². The predicted molar refractivity (Wildman–Crippen MR) is 342 cm³/mol. The van der Waals surface area contributed by atoms with Crippen molar-refractivity contribution in [2.45, 2.75) is 189 Å². The molecule has 1 aromatic rings. The molecule has 510 valence electrons. The Labute approximate surface area is 532 Å². The summed E-state index contributed by atoms with van der Waals surface area (Å²) in [6.07, 6.45) is 3.36. The van der Waals surface area contributed by atoms with Crippen molar-refractivity contribution < 1.29 is 71.5 Å². The second-order valence-corrected chi connectivity index (χ2v) is 27.2. The van der Waals surface area contributed by atoms with Crippen LogP contribution in [0.1, 0.15) is 153 Å². The number of carbonyl (C=O) groups is 8. The minimum absolute atomic E-state index is 0.00164. The molecule has 0 radical (unpaired) electrons. The Morgan fingerprint density at radius 3 is 1.26 bits per heavy atom. The summed E-state index contributed by atoms with van der Waals surface area (Å²) in [5, 5.41) is 11.7. The molecule has 4 amide bonds. The van der Waals surface area contributed by atoms with Crippen molar-refractivity contribution in [1.82, 2.24) is 40.9 Å². The van der Waals surface area contributed by atoms with Gasteiger partial charge >= 0.3 is 23.9 Å². The Kier molecular flexibility index (Phi) is 37.6. The second kappa shape index (κ2) is 41.9. The highest BCUT2D eigenvalue weighted by molar-refractivity contribution is 5.91. The number of esters is 4. The fourth-order valence-corrected chi connectivity index (χ4v) is 9.27. The monoisotopic (exact) mass is 1260 g/mol. The van der Waals surface area contributed by atoms with Crippen LogP contribution in [0.2, 0.25) is 0 Å². The van der Waals surface area contributed by atoms with Crippen LogP contribution in [0.5, 0.6) is 0 Å². The lowest BCUT2D eigenvalue weighted by Crippen LogP contribution is -2.52. The number of unbranched alkanes of at least 4 members (excludes halogenated alkanes) is 2. The number of hydrogen-bond donors (Lipinski definition) is 5. The summed E-state index contributed by atoms with van der Waals surface area (Å²) >= 11 is 0. The summed E-state index contributed by atoms with van der Waals surface area (Å²) in [5.41, 5.74) is 4.62. The number of benzene rings is 1. The molecule has 1 aliphatic rings. The largest absolute Gasteiger partial charge is 0.459 e. The van der Waals surface area contributed by atoms with Crippen LogP contribution in [0, 0.1) is 5.92 Å². The van der Waals surface area contributed by atoms with Crippen LogP contribution >= 0.6 is 0 Å². The van der Waals surface area contributed by atoms with Crippen molar-refractivity contribution in [1.29, 1.82) is 0 Å². The average molecular weight is 1260 g/mol. The van der Waals surface area contributed by atoms with Gasteiger partial charge in [-0.2, -0.15) is 0 Å². The molecule has 2 atom stereocenters. The maximum atomic E-state index is 14.2. The van der Waals surface area contributed by atoms with E-state index in [-0.39, 0.29) is 83.4 Å². The molecule has 0 aliphatic carbocycles. The molecule has 0 aromatic heterocycles. The summed E-state index contributed by atoms with van der Waals surface area (Å²) in [5.74, 6) is -2.71. The maximum absolute atomic E-state index is 14.2. The highest BCUT2D eigenvalue weighted by Crippen LogP contribution is 2.16. The van der Waals surface area contributed by atoms with Gasteiger partial charge in [0.1, 0.15) is 34.5 Å². The zero-order chi connectivity index (χ0) is 66.6. The van der Waals surface area contributed by atoms with Crippen molar-refractivity contribution in [2.24, 2.45) is 11.7 Å². The molecule has 1 fully saturated rings. The zero-order valence-corrected chi connectivity index (χ0v) is 56.7. The van der Waals surface area contributed by atoms with Gasteiger partial charge in [0.05, 0.1) is 72.2 Å². The predicted octanol–water partition coefficient (Wildman–Crippen LogP) is 3.96. The SMILES string of the molecule is CC(C)Cc1ccc(CC(=O)NCCCCC(NC(=O)C(CCCCNC(=O)CN2CCN(CC(=O)OC(C)(C)C)CCN(CC(=O)OC(C)(C)C)CCN(CC(=O)OC(C)(C)C)CC2)NC(=O)CCOCCOCCOCCN)C(=O)OC(C)(C)C)cc1. The van der Waals surface area contributed by atoms with Gasteiger partial charge in [0.25, 0.3) is 0 Å². The zero-order valence-electron chi connectivity index (χ0n) is 56.7. The lowest BCUT2D eigenvalue weighted by Gasteiger charge is -2.34. The Bertz CT molecular complexity index is 2220. The van der Waals surface area contributed by atoms with Crippen LogP contribution in [0.25, 0.3) is 0 Å². The fourth-order valence-electron chi connectivity index (χ4n) is 9.27. The minimum Gasteiger partial charge on any atom is -0.459 e. The van der Waals surface area contributed by atoms with Gasteiger partial charge in [-0.1, -0.05) is 38.1 Å². The molecular formula is C65H115N9O15. The van der Waals surface area contributed by atoms with Gasteiger partial charge in [-0.15, -0.1) is 0 Å². The first-order valence-electron chi connectivity index (χ1n) is 32.1. The lowest BCUT2D eigenvalue weighted by molar-refractivity contribution is -0.159. The molecule has 2 unspecified atom stereocenters. The van der Waals surface area contributed by atoms with Gasteiger partial charge in [0.15, 0.2) is 0 Å². The van der Waals surface area contributed by atoms with E-state index in [2.05, 4.69) is 47.2 Å². The molecular weight excluding hydrogens is 1150 g/mol. The Hall–Kier alpha value is -5.34. The summed E-state index contributed by atoms with van der Waals surface area (Å²) < 4.78 is 39.2. The standard InChI is InChI=1S/C65H115N9O15/c1-49(2)43-50-21-23-51(24-22-50)44-55(76)67-27-18-16-20-53(61(82)89-65(12,13)14)70-60(81)52(69-54(75)25-37-83-39-41-85-42-40-84-38-26-66)19-15-17-28-68-56(77)45-71-29-31-72(46-57(78)86-62(3,4)5)33-35-74(48-59(80)88-64(9,10)11)36-34-73(32-30-71)47-58(79)87-63(6,7)8/h21-24,49,52-53H,15-20,25-48,66H2,1-14H3,(H,67,76)(H,68,77)(H,69,75)(H,70,81). The minimum atomic E-state index is -1.06. The molecule has 1 heterocycles. The van der Waals surface area contributed by atoms with E-state index in [0.717, 1.165) is 12.0 Å². The number of hydrogen-bond acceptors (Lipinski definition) is 20. The molecule has 24 heteroatoms. The first kappa shape index (κ1) is 79.8. The van der Waals surface area contributed by atoms with Gasteiger partial charge in [-0.05, 0) is 145 Å². The number of rotatable bonds is 37. The topological polar surface area (TPSA) is 288 Å². The van der Waals surface area contributed by atoms with Crippen LogP contribution in [0.3, 0.4) is 0 Å². The highest BCUT2D eigenvalue weighted by atomic mass is 16.6. The molecule has 0 bridgehead atoms. The Morgan fingerprint density at radius 2 is 0.843 bits per heavy atom. The van der Waals surface area contributed by atoms with E-state index < -0.39 is 70.2 Å². The second-order valence-electron chi connectivity index (χ2n) is 27.2. The summed E-state index contributed by atoms with van der Waals surface area (Å²) in [6, 6.07) is 5.94. The number of nitrogens with one attached hydrogen (secondary N) is 4. The van der Waals surface area contributed by atoms with Crippen LogP contribution in [-0.4, -0.2) is 239 Å². The van der Waals surface area contributed by atoms with Crippen molar-refractivity contribution >= 4 is 47.5 Å². The van der Waals surface area contributed by atoms with Gasteiger partial charge in [0, 0.05) is 78.4 Å². The summed E-state index contributed by atoms with van der Waals surface area (Å²) in [7, 11) is 0. The van der Waals surface area contributed by atoms with Gasteiger partial charge < -0.3 is 60.2 Å². The van der Waals surface area contributed by atoms with E-state index in [1.165, 1.54) is 5.56 Å². The van der Waals surface area contributed by atoms with E-state index in [4.69, 9.17) is 38.9 Å². The first-order chi connectivity index (χ1) is 41.7. The number of nitrogens with two attached hydrogens (primary N) is 1. The Balaban J connectivity index is 2.23. The summed E-state index contributed by atoms with van der Waals surface area (Å²) in [6.45, 7) is 31.6. The van der Waals surface area contributed by atoms with E-state index in [0.29, 0.717) is 123 Å². The van der Waals surface area contributed by atoms with Gasteiger partial charge in [-0.3, -0.25) is 53.2 Å². The lowest BCUT2D eigenvalue weighted by atomic mass is 10.0. The van der Waals surface area contributed by atoms with Crippen LogP contribution < -0.4 is 27.0 Å². The van der Waals surface area contributed by atoms with Crippen molar-refractivity contribution in [3.05, 3.63) is 35.4 Å². The van der Waals surface area contributed by atoms with Gasteiger partial charge in [0.2, 0.25) is 23.6 Å². The van der Waals surface area contributed by atoms with Crippen molar-refractivity contribution in [3.8, 4) is 0 Å². The number of ether oxygens (including phenoxy) is 7. The van der Waals surface area contributed by atoms with Crippen molar-refractivity contribution in [2.75, 3.05) is 138 Å². The molecule has 89 heavy (non-hydrogen) atoms. The average Bonchev–Trinajstić information content (AvgIpc) is 3.20. The molecule has 0 spiro atoms. The quantitative estimate of drug-likeness (QED) is 0.0358. The van der Waals surface area contributed by atoms with Gasteiger partial charge in [-0.25, -0.2) is 4.79 Å². The third kappa shape index (κ3) is 42.4. The molecule has 2 rings (SSSR count). The first-order valence-corrected chi connectivity index (χ1v) is 32.1. The Morgan fingerprint density at radius 1 is 0.461 bits per heavy atom. The smallest absolute Gasteiger partial charge is 0.329 e. The van der Waals surface area contributed by atoms with Crippen molar-refractivity contribution in [3.63, 3.8) is 0 Å². The van der Waals surface area contributed by atoms with E-state index in [1.807, 2.05) is 52.5 Å². The number of amides is 4. The molecule has 1 saturated heterocycles. The van der Waals surface area contributed by atoms with Crippen LogP contribution in [0.4, 0.5) is 0 Å². The molecule has 24 nitrogen and oxygen atoms in total. The van der Waals surface area contributed by atoms with E-state index in [9.17, 15) is 38.4 Å². The normalized spacial score (nSPS) is 15.4. The highest BCUT2D eigenvalue weighted by Gasteiger charge is 2.31. The van der Waals surface area contributed by atoms with E-state index in [1.54, 1.807) is 62.3 Å². The summed E-state index contributed by atoms with van der Waals surface area (Å²) in [4.78, 5) is 115. The number of carbonyl (C=O) groups excluding carboxylic acids is 8. The fraction of sp³-hybridized carbons (Fsp3) is 0.785.